The first kappa shape index (κ1) is 28.9. The van der Waals surface area contributed by atoms with E-state index >= 15 is 0 Å². The molecule has 0 aliphatic carbocycles. The number of hydrogen-bond donors (Lipinski definition) is 1. The van der Waals surface area contributed by atoms with Gasteiger partial charge in [-0.05, 0) is 61.7 Å². The van der Waals surface area contributed by atoms with E-state index in [0.717, 1.165) is 24.7 Å². The van der Waals surface area contributed by atoms with Gasteiger partial charge in [0, 0.05) is 36.1 Å². The third-order valence-corrected chi connectivity index (χ3v) is 7.19. The van der Waals surface area contributed by atoms with Crippen molar-refractivity contribution in [2.45, 2.75) is 52.1 Å². The van der Waals surface area contributed by atoms with E-state index < -0.39 is 16.1 Å². The van der Waals surface area contributed by atoms with Crippen LogP contribution in [0.2, 0.25) is 10.0 Å². The summed E-state index contributed by atoms with van der Waals surface area (Å²) >= 11 is 12.0. The summed E-state index contributed by atoms with van der Waals surface area (Å²) in [6.07, 6.45) is 3.28. The molecular formula is C25H33Cl2N3O4S. The van der Waals surface area contributed by atoms with Gasteiger partial charge in [-0.2, -0.15) is 0 Å². The second-order valence-electron chi connectivity index (χ2n) is 8.39. The minimum atomic E-state index is -3.56. The maximum absolute atomic E-state index is 13.2. The number of nitrogens with one attached hydrogen (secondary N) is 1. The van der Waals surface area contributed by atoms with Crippen LogP contribution in [-0.2, 0) is 26.2 Å². The molecule has 0 saturated heterocycles. The zero-order valence-electron chi connectivity index (χ0n) is 20.3. The van der Waals surface area contributed by atoms with Gasteiger partial charge in [-0.3, -0.25) is 13.9 Å². The highest BCUT2D eigenvalue weighted by atomic mass is 35.5. The average molecular weight is 543 g/mol. The minimum absolute atomic E-state index is 0.0761. The molecule has 0 fully saturated rings. The van der Waals surface area contributed by atoms with Crippen molar-refractivity contribution in [2.75, 3.05) is 23.7 Å². The minimum Gasteiger partial charge on any atom is -0.354 e. The quantitative estimate of drug-likeness (QED) is 0.366. The molecule has 0 bridgehead atoms. The number of anilines is 1. The number of carbonyl (C=O) groups excluding carboxylic acids is 2. The van der Waals surface area contributed by atoms with E-state index in [1.54, 1.807) is 49.4 Å². The largest absolute Gasteiger partial charge is 0.354 e. The molecule has 0 aliphatic rings. The molecule has 0 radical (unpaired) electrons. The number of hydrogen-bond acceptors (Lipinski definition) is 4. The van der Waals surface area contributed by atoms with Crippen LogP contribution in [0.1, 0.15) is 45.1 Å². The maximum Gasteiger partial charge on any atom is 0.242 e. The molecule has 0 heterocycles. The van der Waals surface area contributed by atoms with E-state index in [0.29, 0.717) is 22.3 Å². The van der Waals surface area contributed by atoms with Gasteiger partial charge < -0.3 is 10.2 Å². The topological polar surface area (TPSA) is 86.8 Å². The van der Waals surface area contributed by atoms with Crippen LogP contribution in [-0.4, -0.2) is 50.5 Å². The third kappa shape index (κ3) is 9.35. The number of amides is 2. The lowest BCUT2D eigenvalue weighted by atomic mass is 10.1. The first-order chi connectivity index (χ1) is 16.5. The van der Waals surface area contributed by atoms with Gasteiger partial charge in [-0.25, -0.2) is 8.42 Å². The first-order valence-electron chi connectivity index (χ1n) is 11.6. The van der Waals surface area contributed by atoms with Gasteiger partial charge in [0.2, 0.25) is 21.8 Å². The molecule has 0 aromatic heterocycles. The van der Waals surface area contributed by atoms with Crippen LogP contribution in [0, 0.1) is 0 Å². The summed E-state index contributed by atoms with van der Waals surface area (Å²) < 4.78 is 26.0. The van der Waals surface area contributed by atoms with E-state index in [1.807, 2.05) is 13.0 Å². The second kappa shape index (κ2) is 13.7. The summed E-state index contributed by atoms with van der Waals surface area (Å²) in [5.74, 6) is -0.472. The Morgan fingerprint density at radius 3 is 2.31 bits per heavy atom. The number of benzene rings is 2. The van der Waals surface area contributed by atoms with Gasteiger partial charge in [0.1, 0.15) is 6.04 Å². The summed E-state index contributed by atoms with van der Waals surface area (Å²) in [7, 11) is -3.56. The number of nitrogens with zero attached hydrogens (tertiary/aromatic N) is 2. The lowest BCUT2D eigenvalue weighted by molar-refractivity contribution is -0.140. The summed E-state index contributed by atoms with van der Waals surface area (Å²) in [6, 6.07) is 12.9. The van der Waals surface area contributed by atoms with Gasteiger partial charge in [-0.1, -0.05) is 48.7 Å². The zero-order valence-corrected chi connectivity index (χ0v) is 22.7. The molecule has 2 aromatic rings. The van der Waals surface area contributed by atoms with Crippen LogP contribution in [0.5, 0.6) is 0 Å². The van der Waals surface area contributed by atoms with Crippen LogP contribution in [0.15, 0.2) is 48.5 Å². The smallest absolute Gasteiger partial charge is 0.242 e. The first-order valence-corrected chi connectivity index (χ1v) is 14.2. The normalized spacial score (nSPS) is 12.1. The van der Waals surface area contributed by atoms with Crippen molar-refractivity contribution in [3.8, 4) is 0 Å². The van der Waals surface area contributed by atoms with Crippen molar-refractivity contribution in [3.05, 3.63) is 64.1 Å². The van der Waals surface area contributed by atoms with E-state index in [9.17, 15) is 18.0 Å². The van der Waals surface area contributed by atoms with Crippen LogP contribution in [0.25, 0.3) is 0 Å². The summed E-state index contributed by atoms with van der Waals surface area (Å²) in [4.78, 5) is 27.5. The highest BCUT2D eigenvalue weighted by Crippen LogP contribution is 2.22. The predicted octanol–water partition coefficient (Wildman–Crippen LogP) is 4.87. The molecule has 2 rings (SSSR count). The second-order valence-corrected chi connectivity index (χ2v) is 11.2. The van der Waals surface area contributed by atoms with Crippen LogP contribution < -0.4 is 9.62 Å². The summed E-state index contributed by atoms with van der Waals surface area (Å²) in [5, 5.41) is 3.92. The van der Waals surface area contributed by atoms with Crippen molar-refractivity contribution in [3.63, 3.8) is 0 Å². The van der Waals surface area contributed by atoms with E-state index in [4.69, 9.17) is 23.2 Å². The fourth-order valence-electron chi connectivity index (χ4n) is 3.56. The Morgan fingerprint density at radius 1 is 1.03 bits per heavy atom. The number of unbranched alkanes of at least 4 members (excludes halogenated alkanes) is 1. The summed E-state index contributed by atoms with van der Waals surface area (Å²) in [6.45, 7) is 4.61. The van der Waals surface area contributed by atoms with E-state index in [-0.39, 0.29) is 37.7 Å². The molecule has 0 aliphatic heterocycles. The molecule has 10 heteroatoms. The Kier molecular flexibility index (Phi) is 11.3. The lowest BCUT2D eigenvalue weighted by Gasteiger charge is -2.29. The molecule has 35 heavy (non-hydrogen) atoms. The molecule has 2 aromatic carbocycles. The molecule has 7 nitrogen and oxygen atoms in total. The number of rotatable bonds is 13. The number of halogens is 2. The molecule has 192 valence electrons. The fraction of sp³-hybridized carbons (Fsp3) is 0.440. The molecule has 1 unspecified atom stereocenters. The predicted molar refractivity (Wildman–Crippen MR) is 142 cm³/mol. The highest BCUT2D eigenvalue weighted by Gasteiger charge is 2.26. The monoisotopic (exact) mass is 541 g/mol. The highest BCUT2D eigenvalue weighted by molar-refractivity contribution is 7.92. The molecule has 2 amide bonds. The standard InChI is InChI=1S/C25H33Cl2N3O4S/c1-4-5-15-28-25(32)19(2)29(18-20-8-6-9-22(27)17-20)24(31)10-7-16-30(35(3,33)34)23-13-11-21(26)12-14-23/h6,8-9,11-14,17,19H,4-5,7,10,15-16,18H2,1-3H3,(H,28,32). The Labute approximate surface area is 218 Å². The lowest BCUT2D eigenvalue weighted by Crippen LogP contribution is -2.48. The zero-order chi connectivity index (χ0) is 26.0. The SMILES string of the molecule is CCCCNC(=O)C(C)N(Cc1cccc(Cl)c1)C(=O)CCCN(c1ccc(Cl)cc1)S(C)(=O)=O. The van der Waals surface area contributed by atoms with Gasteiger partial charge in [0.05, 0.1) is 11.9 Å². The van der Waals surface area contributed by atoms with Crippen molar-refractivity contribution < 1.29 is 18.0 Å². The van der Waals surface area contributed by atoms with Crippen molar-refractivity contribution in [1.82, 2.24) is 10.2 Å². The Balaban J connectivity index is 2.13. The van der Waals surface area contributed by atoms with Crippen LogP contribution in [0.4, 0.5) is 5.69 Å². The number of carbonyl (C=O) groups is 2. The molecule has 1 N–H and O–H groups in total. The van der Waals surface area contributed by atoms with Gasteiger partial charge in [0.25, 0.3) is 0 Å². The fourth-order valence-corrected chi connectivity index (χ4v) is 4.87. The molecular weight excluding hydrogens is 509 g/mol. The van der Waals surface area contributed by atoms with Crippen LogP contribution >= 0.6 is 23.2 Å². The van der Waals surface area contributed by atoms with Gasteiger partial charge >= 0.3 is 0 Å². The van der Waals surface area contributed by atoms with Gasteiger partial charge in [-0.15, -0.1) is 0 Å². The average Bonchev–Trinajstić information content (AvgIpc) is 2.80. The Hall–Kier alpha value is -2.29. The van der Waals surface area contributed by atoms with E-state index in [2.05, 4.69) is 5.32 Å². The molecule has 1 atom stereocenters. The maximum atomic E-state index is 13.2. The molecule has 0 saturated carbocycles. The van der Waals surface area contributed by atoms with Gasteiger partial charge in [0.15, 0.2) is 0 Å². The van der Waals surface area contributed by atoms with E-state index in [1.165, 1.54) is 9.21 Å². The third-order valence-electron chi connectivity index (χ3n) is 5.51. The Morgan fingerprint density at radius 2 is 1.71 bits per heavy atom. The molecule has 0 spiro atoms. The van der Waals surface area contributed by atoms with Crippen molar-refractivity contribution in [2.24, 2.45) is 0 Å². The number of sulfonamides is 1. The Bertz CT molecular complexity index is 1090. The van der Waals surface area contributed by atoms with Crippen LogP contribution in [0.3, 0.4) is 0 Å². The summed E-state index contributed by atoms with van der Waals surface area (Å²) in [5.41, 5.74) is 1.28. The van der Waals surface area contributed by atoms with Crippen molar-refractivity contribution in [1.29, 1.82) is 0 Å². The van der Waals surface area contributed by atoms with Crippen molar-refractivity contribution >= 4 is 50.7 Å².